The van der Waals surface area contributed by atoms with Crippen molar-refractivity contribution in [2.24, 2.45) is 17.3 Å². The topological polar surface area (TPSA) is 153 Å². The van der Waals surface area contributed by atoms with Crippen molar-refractivity contribution in [1.82, 2.24) is 0 Å². The molecular weight excluding hydrogens is 494 g/mol. The number of unbranched alkanes of at least 4 members (excludes halogenated alkanes) is 3. The molecule has 0 aromatic heterocycles. The van der Waals surface area contributed by atoms with Gasteiger partial charge in [-0.15, -0.1) is 10.1 Å². The number of carboxylic acids is 1. The number of carbonyl (C=O) groups is 3. The van der Waals surface area contributed by atoms with E-state index in [9.17, 15) is 29.6 Å². The monoisotopic (exact) mass is 531 g/mol. The summed E-state index contributed by atoms with van der Waals surface area (Å²) in [5.74, 6) is -2.11. The summed E-state index contributed by atoms with van der Waals surface area (Å²) in [4.78, 5) is 50.7. The predicted molar refractivity (Wildman–Crippen MR) is 137 cm³/mol. The van der Waals surface area contributed by atoms with Gasteiger partial charge in [-0.3, -0.25) is 4.79 Å². The molecule has 0 heterocycles. The molecule has 38 heavy (non-hydrogen) atoms. The second-order valence-electron chi connectivity index (χ2n) is 11.6. The molecule has 0 radical (unpaired) electrons. The Kier molecular flexibility index (Phi) is 8.84. The Labute approximate surface area is 222 Å². The van der Waals surface area contributed by atoms with E-state index < -0.39 is 22.4 Å². The second kappa shape index (κ2) is 11.5. The van der Waals surface area contributed by atoms with Crippen molar-refractivity contribution in [3.05, 3.63) is 45.5 Å². The maximum Gasteiger partial charge on any atom is 0.336 e. The predicted octanol–water partition coefficient (Wildman–Crippen LogP) is 5.09. The number of carbonyl (C=O) groups excluding carboxylic acids is 2. The van der Waals surface area contributed by atoms with Gasteiger partial charge < -0.3 is 19.8 Å². The Morgan fingerprint density at radius 1 is 1.18 bits per heavy atom. The number of fused-ring (bicyclic) bond motifs is 2. The fourth-order valence-electron chi connectivity index (χ4n) is 6.04. The van der Waals surface area contributed by atoms with Crippen LogP contribution in [0.3, 0.4) is 0 Å². The van der Waals surface area contributed by atoms with Gasteiger partial charge in [0.1, 0.15) is 17.3 Å². The standard InChI is InChI=1S/C28H37NO9/c1-27(2,11-7-5-6-8-12-37-29(35)36)17-13-22(31)26(23(14-17)38-25(34)10-9-24(32)33)18-15-21(30)20-16-19(18)28(20,3)4/h9-10,13-14,18-20,31H,5-8,11-12,15-16H2,1-4H3,(H,32,33)/b10-9+/t18-,19+,20+/m0/s1. The normalized spacial score (nSPS) is 22.1. The largest absolute Gasteiger partial charge is 0.508 e. The Balaban J connectivity index is 1.84. The molecule has 0 unspecified atom stereocenters. The van der Waals surface area contributed by atoms with Gasteiger partial charge in [-0.1, -0.05) is 47.0 Å². The Bertz CT molecular complexity index is 1120. The summed E-state index contributed by atoms with van der Waals surface area (Å²) in [6.45, 7) is 8.19. The molecule has 208 valence electrons. The van der Waals surface area contributed by atoms with Gasteiger partial charge in [0.15, 0.2) is 0 Å². The lowest BCUT2D eigenvalue weighted by molar-refractivity contribution is -0.757. The van der Waals surface area contributed by atoms with Crippen LogP contribution >= 0.6 is 0 Å². The van der Waals surface area contributed by atoms with Crippen LogP contribution in [0.5, 0.6) is 11.5 Å². The summed E-state index contributed by atoms with van der Waals surface area (Å²) in [7, 11) is 0. The number of carboxylic acid groups (broad SMARTS) is 1. The number of Topliss-reactive ketones (excluding diaryl/α,β-unsaturated/α-hetero) is 1. The van der Waals surface area contributed by atoms with Crippen LogP contribution < -0.4 is 4.74 Å². The summed E-state index contributed by atoms with van der Waals surface area (Å²) >= 11 is 0. The fourth-order valence-corrected chi connectivity index (χ4v) is 6.04. The molecule has 2 bridgehead atoms. The number of benzene rings is 1. The number of ketones is 1. The SMILES string of the molecule is CC(C)(CCCCCCO[N+](=O)[O-])c1cc(O)c([C@H]2CC(=O)[C@H]3C[C@H]2C3(C)C)c(OC(=O)/C=C/C(=O)O)c1. The number of phenolic OH excluding ortho intramolecular Hbond substituents is 1. The molecule has 4 rings (SSSR count). The number of hydrogen-bond acceptors (Lipinski definition) is 8. The van der Waals surface area contributed by atoms with Crippen LogP contribution in [0.2, 0.25) is 0 Å². The summed E-state index contributed by atoms with van der Waals surface area (Å²) < 4.78 is 5.59. The summed E-state index contributed by atoms with van der Waals surface area (Å²) in [5, 5.41) is 29.6. The highest BCUT2D eigenvalue weighted by Crippen LogP contribution is 2.64. The van der Waals surface area contributed by atoms with E-state index in [1.165, 1.54) is 0 Å². The number of hydrogen-bond donors (Lipinski definition) is 2. The third-order valence-electron chi connectivity index (χ3n) is 8.38. The molecule has 0 spiro atoms. The number of nitrogens with zero attached hydrogens (tertiary/aromatic N) is 1. The smallest absolute Gasteiger partial charge is 0.336 e. The molecule has 0 aliphatic heterocycles. The zero-order valence-electron chi connectivity index (χ0n) is 22.4. The number of aliphatic carboxylic acids is 1. The van der Waals surface area contributed by atoms with Gasteiger partial charge >= 0.3 is 11.9 Å². The molecule has 3 saturated carbocycles. The van der Waals surface area contributed by atoms with Gasteiger partial charge in [-0.2, -0.15) is 0 Å². The molecule has 3 atom stereocenters. The highest BCUT2D eigenvalue weighted by molar-refractivity contribution is 5.92. The molecule has 3 aliphatic rings. The molecular formula is C28H37NO9. The number of esters is 1. The molecule has 3 aliphatic carbocycles. The first-order chi connectivity index (χ1) is 17.7. The summed E-state index contributed by atoms with van der Waals surface area (Å²) in [5.41, 5.74) is 0.527. The number of rotatable bonds is 13. The average molecular weight is 532 g/mol. The van der Waals surface area contributed by atoms with E-state index in [2.05, 4.69) is 18.7 Å². The first kappa shape index (κ1) is 29.1. The van der Waals surface area contributed by atoms with Crippen LogP contribution in [-0.4, -0.2) is 39.6 Å². The van der Waals surface area contributed by atoms with Crippen LogP contribution in [0.1, 0.15) is 89.7 Å². The van der Waals surface area contributed by atoms with Crippen LogP contribution in [0.15, 0.2) is 24.3 Å². The fraction of sp³-hybridized carbons (Fsp3) is 0.607. The van der Waals surface area contributed by atoms with Crippen LogP contribution in [-0.2, 0) is 24.6 Å². The van der Waals surface area contributed by atoms with E-state index >= 15 is 0 Å². The van der Waals surface area contributed by atoms with Crippen LogP contribution in [0.4, 0.5) is 0 Å². The van der Waals surface area contributed by atoms with E-state index in [-0.39, 0.29) is 53.5 Å². The zero-order valence-corrected chi connectivity index (χ0v) is 22.4. The maximum atomic E-state index is 12.8. The van der Waals surface area contributed by atoms with Gasteiger partial charge in [-0.25, -0.2) is 9.59 Å². The lowest BCUT2D eigenvalue weighted by atomic mass is 9.44. The van der Waals surface area contributed by atoms with Crippen molar-refractivity contribution in [3.8, 4) is 11.5 Å². The summed E-state index contributed by atoms with van der Waals surface area (Å²) in [6.07, 6.45) is 6.27. The third-order valence-corrected chi connectivity index (χ3v) is 8.38. The molecule has 0 saturated heterocycles. The Hall–Kier alpha value is -3.43. The van der Waals surface area contributed by atoms with Crippen molar-refractivity contribution in [2.75, 3.05) is 6.61 Å². The van der Waals surface area contributed by atoms with Gasteiger partial charge in [0.05, 0.1) is 6.61 Å². The molecule has 10 heteroatoms. The molecule has 1 aromatic carbocycles. The minimum atomic E-state index is -1.29. The third kappa shape index (κ3) is 6.52. The van der Waals surface area contributed by atoms with E-state index in [1.54, 1.807) is 12.1 Å². The summed E-state index contributed by atoms with van der Waals surface area (Å²) in [6, 6.07) is 3.39. The quantitative estimate of drug-likeness (QED) is 0.0884. The molecule has 1 aromatic rings. The van der Waals surface area contributed by atoms with Crippen molar-refractivity contribution >= 4 is 17.7 Å². The highest BCUT2D eigenvalue weighted by Gasteiger charge is 2.59. The minimum Gasteiger partial charge on any atom is -0.508 e. The van der Waals surface area contributed by atoms with E-state index in [1.807, 2.05) is 13.8 Å². The van der Waals surface area contributed by atoms with Crippen LogP contribution in [0, 0.1) is 27.4 Å². The van der Waals surface area contributed by atoms with Crippen molar-refractivity contribution in [2.45, 2.75) is 84.0 Å². The van der Waals surface area contributed by atoms with Gasteiger partial charge in [0.2, 0.25) is 0 Å². The Morgan fingerprint density at radius 2 is 1.87 bits per heavy atom. The molecule has 3 fully saturated rings. The lowest BCUT2D eigenvalue weighted by Gasteiger charge is -2.59. The first-order valence-electron chi connectivity index (χ1n) is 13.0. The first-order valence-corrected chi connectivity index (χ1v) is 13.0. The molecule has 0 amide bonds. The second-order valence-corrected chi connectivity index (χ2v) is 11.6. The number of phenols is 1. The van der Waals surface area contributed by atoms with Crippen molar-refractivity contribution in [3.63, 3.8) is 0 Å². The molecule has 2 N–H and O–H groups in total. The lowest BCUT2D eigenvalue weighted by Crippen LogP contribution is -2.56. The van der Waals surface area contributed by atoms with Gasteiger partial charge in [0, 0.05) is 36.0 Å². The van der Waals surface area contributed by atoms with Crippen molar-refractivity contribution < 1.29 is 39.3 Å². The minimum absolute atomic E-state index is 0.000268. The van der Waals surface area contributed by atoms with Crippen LogP contribution in [0.25, 0.3) is 0 Å². The van der Waals surface area contributed by atoms with Gasteiger partial charge in [0.25, 0.3) is 5.09 Å². The van der Waals surface area contributed by atoms with Crippen molar-refractivity contribution in [1.29, 1.82) is 0 Å². The number of ether oxygens (including phenoxy) is 1. The average Bonchev–Trinajstić information content (AvgIpc) is 2.80. The molecule has 10 nitrogen and oxygen atoms in total. The number of aromatic hydroxyl groups is 1. The maximum absolute atomic E-state index is 12.8. The van der Waals surface area contributed by atoms with E-state index in [4.69, 9.17) is 9.84 Å². The van der Waals surface area contributed by atoms with E-state index in [0.29, 0.717) is 18.1 Å². The van der Waals surface area contributed by atoms with E-state index in [0.717, 1.165) is 43.7 Å². The zero-order chi connectivity index (χ0) is 28.3. The highest BCUT2D eigenvalue weighted by atomic mass is 16.9. The Morgan fingerprint density at radius 3 is 2.47 bits per heavy atom. The van der Waals surface area contributed by atoms with Gasteiger partial charge in [-0.05, 0) is 53.7 Å².